The van der Waals surface area contributed by atoms with Gasteiger partial charge in [-0.05, 0) is 84.0 Å². The molecule has 172 valence electrons. The van der Waals surface area contributed by atoms with Crippen LogP contribution in [0.4, 0.5) is 10.1 Å². The maximum Gasteiger partial charge on any atom is 0.227 e. The predicted molar refractivity (Wildman–Crippen MR) is 130 cm³/mol. The zero-order valence-corrected chi connectivity index (χ0v) is 19.6. The zero-order valence-electron chi connectivity index (χ0n) is 19.6. The van der Waals surface area contributed by atoms with Crippen LogP contribution in [0.5, 0.6) is 0 Å². The van der Waals surface area contributed by atoms with Gasteiger partial charge in [-0.3, -0.25) is 4.79 Å². The van der Waals surface area contributed by atoms with Crippen LogP contribution >= 0.6 is 0 Å². The number of aromatic nitrogens is 1. The number of hydrogen-bond donors (Lipinski definition) is 1. The Morgan fingerprint density at radius 2 is 1.91 bits per heavy atom. The van der Waals surface area contributed by atoms with E-state index in [9.17, 15) is 9.18 Å². The average molecular weight is 446 g/mol. The molecule has 6 rings (SSSR count). The Kier molecular flexibility index (Phi) is 4.88. The number of benzene rings is 2. The van der Waals surface area contributed by atoms with Crippen molar-refractivity contribution >= 4 is 22.5 Å². The molecule has 1 aromatic heterocycles. The summed E-state index contributed by atoms with van der Waals surface area (Å²) in [7, 11) is 0. The lowest BCUT2D eigenvalue weighted by molar-refractivity contribution is -0.118. The predicted octanol–water partition coefficient (Wildman–Crippen LogP) is 5.20. The maximum atomic E-state index is 13.9. The number of carbonyl (C=O) groups is 1. The van der Waals surface area contributed by atoms with Gasteiger partial charge in [-0.1, -0.05) is 26.0 Å². The van der Waals surface area contributed by atoms with Gasteiger partial charge in [-0.15, -0.1) is 0 Å². The van der Waals surface area contributed by atoms with E-state index in [1.54, 1.807) is 6.07 Å². The number of piperidine rings is 1. The van der Waals surface area contributed by atoms with Crippen molar-refractivity contribution < 1.29 is 9.18 Å². The summed E-state index contributed by atoms with van der Waals surface area (Å²) in [5, 5.41) is 1.03. The maximum absolute atomic E-state index is 13.9. The Labute approximate surface area is 194 Å². The van der Waals surface area contributed by atoms with Crippen molar-refractivity contribution in [3.8, 4) is 0 Å². The number of nitrogens with one attached hydrogen (secondary N) is 1. The van der Waals surface area contributed by atoms with Gasteiger partial charge in [0, 0.05) is 43.2 Å². The number of amides is 1. The lowest BCUT2D eigenvalue weighted by atomic mass is 9.70. The van der Waals surface area contributed by atoms with Crippen molar-refractivity contribution in [2.75, 3.05) is 31.1 Å². The van der Waals surface area contributed by atoms with Crippen molar-refractivity contribution in [2.45, 2.75) is 51.9 Å². The molecule has 4 heterocycles. The van der Waals surface area contributed by atoms with Gasteiger partial charge < -0.3 is 14.8 Å². The first-order valence-electron chi connectivity index (χ1n) is 12.3. The minimum atomic E-state index is -0.167. The topological polar surface area (TPSA) is 39.3 Å². The third-order valence-corrected chi connectivity index (χ3v) is 8.19. The number of H-pyrrole nitrogens is 1. The molecule has 1 fully saturated rings. The summed E-state index contributed by atoms with van der Waals surface area (Å²) in [6, 6.07) is 9.74. The largest absolute Gasteiger partial charge is 0.361 e. The Bertz CT molecular complexity index is 1240. The molecule has 5 heteroatoms. The number of nitrogens with zero attached hydrogens (tertiary/aromatic N) is 2. The summed E-state index contributed by atoms with van der Waals surface area (Å²) in [5.41, 5.74) is 7.74. The molecule has 0 bridgehead atoms. The molecule has 3 aromatic rings. The van der Waals surface area contributed by atoms with E-state index in [4.69, 9.17) is 0 Å². The molecule has 1 unspecified atom stereocenters. The molecule has 1 amide bonds. The number of halogens is 1. The number of rotatable bonds is 4. The molecular formula is C28H32FN3O. The molecule has 1 saturated heterocycles. The first kappa shape index (κ1) is 20.9. The van der Waals surface area contributed by atoms with Crippen molar-refractivity contribution in [1.82, 2.24) is 9.88 Å². The highest BCUT2D eigenvalue weighted by Gasteiger charge is 2.38. The summed E-state index contributed by atoms with van der Waals surface area (Å²) < 4.78 is 13.9. The second-order valence-corrected chi connectivity index (χ2v) is 10.8. The van der Waals surface area contributed by atoms with Gasteiger partial charge in [0.05, 0.1) is 5.69 Å². The van der Waals surface area contributed by atoms with Crippen LogP contribution in [0.15, 0.2) is 36.5 Å². The van der Waals surface area contributed by atoms with E-state index in [1.165, 1.54) is 34.0 Å². The van der Waals surface area contributed by atoms with Gasteiger partial charge in [0.2, 0.25) is 5.91 Å². The number of fused-ring (bicyclic) bond motifs is 1. The van der Waals surface area contributed by atoms with Gasteiger partial charge in [0.15, 0.2) is 0 Å². The average Bonchev–Trinajstić information content (AvgIpc) is 3.39. The summed E-state index contributed by atoms with van der Waals surface area (Å²) in [6.07, 6.45) is 6.75. The second kappa shape index (κ2) is 7.69. The Hall–Kier alpha value is -2.66. The minimum absolute atomic E-state index is 0.116. The van der Waals surface area contributed by atoms with E-state index in [-0.39, 0.29) is 17.1 Å². The SMILES string of the molecule is CC1(C)CN(CCc2cc3c4c(c2)CCN4C(=O)CC3)CCC1c1c[nH]c2ccc(F)cc12. The Morgan fingerprint density at radius 3 is 2.73 bits per heavy atom. The van der Waals surface area contributed by atoms with Crippen molar-refractivity contribution in [3.63, 3.8) is 0 Å². The third-order valence-electron chi connectivity index (χ3n) is 8.19. The summed E-state index contributed by atoms with van der Waals surface area (Å²) in [6.45, 7) is 8.72. The molecule has 3 aliphatic heterocycles. The number of likely N-dealkylation sites (tertiary alicyclic amines) is 1. The van der Waals surface area contributed by atoms with Crippen LogP contribution in [0.1, 0.15) is 54.9 Å². The van der Waals surface area contributed by atoms with E-state index in [0.717, 1.165) is 62.8 Å². The fraction of sp³-hybridized carbons (Fsp3) is 0.464. The van der Waals surface area contributed by atoms with E-state index < -0.39 is 0 Å². The van der Waals surface area contributed by atoms with Crippen LogP contribution in [-0.2, 0) is 24.1 Å². The van der Waals surface area contributed by atoms with Gasteiger partial charge in [-0.25, -0.2) is 4.39 Å². The summed E-state index contributed by atoms with van der Waals surface area (Å²) in [5.74, 6) is 0.536. The molecule has 0 aliphatic carbocycles. The molecule has 33 heavy (non-hydrogen) atoms. The number of aryl methyl sites for hydroxylation is 1. The number of anilines is 1. The second-order valence-electron chi connectivity index (χ2n) is 10.8. The van der Waals surface area contributed by atoms with Crippen molar-refractivity contribution in [2.24, 2.45) is 5.41 Å². The van der Waals surface area contributed by atoms with Crippen molar-refractivity contribution in [1.29, 1.82) is 0 Å². The van der Waals surface area contributed by atoms with Crippen LogP contribution in [-0.4, -0.2) is 42.0 Å². The molecule has 3 aliphatic rings. The molecule has 2 aromatic carbocycles. The fourth-order valence-corrected chi connectivity index (χ4v) is 6.60. The number of hydrogen-bond acceptors (Lipinski definition) is 2. The van der Waals surface area contributed by atoms with Crippen LogP contribution in [0.2, 0.25) is 0 Å². The molecule has 0 spiro atoms. The highest BCUT2D eigenvalue weighted by molar-refractivity contribution is 5.98. The van der Waals surface area contributed by atoms with Crippen LogP contribution < -0.4 is 4.90 Å². The summed E-state index contributed by atoms with van der Waals surface area (Å²) in [4.78, 5) is 20.1. The molecule has 0 radical (unpaired) electrons. The van der Waals surface area contributed by atoms with Crippen LogP contribution in [0.25, 0.3) is 10.9 Å². The summed E-state index contributed by atoms with van der Waals surface area (Å²) >= 11 is 0. The van der Waals surface area contributed by atoms with E-state index in [0.29, 0.717) is 12.3 Å². The normalized spacial score (nSPS) is 22.2. The number of carbonyl (C=O) groups excluding carboxylic acids is 1. The first-order valence-corrected chi connectivity index (χ1v) is 12.3. The lowest BCUT2D eigenvalue weighted by Gasteiger charge is -2.44. The Balaban J connectivity index is 1.16. The molecule has 1 N–H and O–H groups in total. The molecular weight excluding hydrogens is 413 g/mol. The molecule has 1 atom stereocenters. The van der Waals surface area contributed by atoms with E-state index in [1.807, 2.05) is 11.0 Å². The van der Waals surface area contributed by atoms with Gasteiger partial charge in [0.25, 0.3) is 0 Å². The van der Waals surface area contributed by atoms with Gasteiger partial charge in [0.1, 0.15) is 5.82 Å². The minimum Gasteiger partial charge on any atom is -0.361 e. The highest BCUT2D eigenvalue weighted by Crippen LogP contribution is 2.44. The van der Waals surface area contributed by atoms with E-state index in [2.05, 4.69) is 42.1 Å². The molecule has 4 nitrogen and oxygen atoms in total. The fourth-order valence-electron chi connectivity index (χ4n) is 6.60. The third kappa shape index (κ3) is 3.57. The van der Waals surface area contributed by atoms with E-state index >= 15 is 0 Å². The molecule has 0 saturated carbocycles. The number of aromatic amines is 1. The van der Waals surface area contributed by atoms with Crippen LogP contribution in [0.3, 0.4) is 0 Å². The lowest BCUT2D eigenvalue weighted by Crippen LogP contribution is -2.45. The standard InChI is InChI=1S/C28H32FN3O/c1-28(2)17-31(11-9-24(28)23-16-30-25-5-4-21(29)15-22(23)25)10-7-18-13-19-3-6-26(33)32-12-8-20(14-18)27(19)32/h4-5,13-16,24,30H,3,6-12,17H2,1-2H3. The quantitative estimate of drug-likeness (QED) is 0.600. The first-order chi connectivity index (χ1) is 15.9. The monoisotopic (exact) mass is 445 g/mol. The highest BCUT2D eigenvalue weighted by atomic mass is 19.1. The zero-order chi connectivity index (χ0) is 22.7. The van der Waals surface area contributed by atoms with Gasteiger partial charge in [-0.2, -0.15) is 0 Å². The Morgan fingerprint density at radius 1 is 1.09 bits per heavy atom. The van der Waals surface area contributed by atoms with Crippen molar-refractivity contribution in [3.05, 3.63) is 64.6 Å². The van der Waals surface area contributed by atoms with Gasteiger partial charge >= 0.3 is 0 Å². The smallest absolute Gasteiger partial charge is 0.227 e. The van der Waals surface area contributed by atoms with Crippen LogP contribution in [0, 0.1) is 11.2 Å².